The lowest BCUT2D eigenvalue weighted by Gasteiger charge is -2.07. The quantitative estimate of drug-likeness (QED) is 0.946. The molecule has 1 aromatic carbocycles. The molecule has 2 aromatic rings. The second-order valence-electron chi connectivity index (χ2n) is 4.09. The van der Waals surface area contributed by atoms with E-state index >= 15 is 0 Å². The van der Waals surface area contributed by atoms with Crippen molar-refractivity contribution in [2.45, 2.75) is 13.5 Å². The number of nitrogens with zero attached hydrogens (tertiary/aromatic N) is 2. The molecule has 1 amide bonds. The zero-order chi connectivity index (χ0) is 13.1. The lowest BCUT2D eigenvalue weighted by Crippen LogP contribution is -2.24. The molecule has 5 heteroatoms. The van der Waals surface area contributed by atoms with E-state index in [0.717, 1.165) is 15.7 Å². The minimum Gasteiger partial charge on any atom is -0.346 e. The van der Waals surface area contributed by atoms with Crippen molar-refractivity contribution in [1.29, 1.82) is 0 Å². The summed E-state index contributed by atoms with van der Waals surface area (Å²) in [6.45, 7) is 2.46. The van der Waals surface area contributed by atoms with Crippen molar-refractivity contribution in [3.05, 3.63) is 51.8 Å². The first-order valence-electron chi connectivity index (χ1n) is 5.59. The van der Waals surface area contributed by atoms with Gasteiger partial charge in [-0.25, -0.2) is 0 Å². The van der Waals surface area contributed by atoms with E-state index in [4.69, 9.17) is 0 Å². The Hall–Kier alpha value is -1.62. The van der Waals surface area contributed by atoms with Crippen molar-refractivity contribution in [3.8, 4) is 0 Å². The molecule has 0 fully saturated rings. The average Bonchev–Trinajstić information content (AvgIpc) is 2.75. The van der Waals surface area contributed by atoms with Gasteiger partial charge >= 0.3 is 0 Å². The van der Waals surface area contributed by atoms with Crippen molar-refractivity contribution in [2.24, 2.45) is 7.05 Å². The first kappa shape index (κ1) is 12.8. The molecule has 18 heavy (non-hydrogen) atoms. The maximum Gasteiger partial charge on any atom is 0.251 e. The van der Waals surface area contributed by atoms with Crippen LogP contribution in [0.5, 0.6) is 0 Å². The molecule has 0 atom stereocenters. The highest BCUT2D eigenvalue weighted by molar-refractivity contribution is 9.10. The highest BCUT2D eigenvalue weighted by Crippen LogP contribution is 2.17. The molecular formula is C13H14BrN3O. The molecule has 1 N–H and O–H groups in total. The highest BCUT2D eigenvalue weighted by Gasteiger charge is 2.07. The summed E-state index contributed by atoms with van der Waals surface area (Å²) in [5.41, 5.74) is 2.72. The lowest BCUT2D eigenvalue weighted by molar-refractivity contribution is 0.0950. The molecule has 94 valence electrons. The molecule has 0 radical (unpaired) electrons. The topological polar surface area (TPSA) is 46.9 Å². The Balaban J connectivity index is 2.04. The molecule has 4 nitrogen and oxygen atoms in total. The van der Waals surface area contributed by atoms with Crippen LogP contribution in [0.3, 0.4) is 0 Å². The molecule has 0 saturated carbocycles. The van der Waals surface area contributed by atoms with Crippen LogP contribution in [0.4, 0.5) is 0 Å². The fourth-order valence-electron chi connectivity index (χ4n) is 1.58. The van der Waals surface area contributed by atoms with Crippen molar-refractivity contribution >= 4 is 21.8 Å². The summed E-state index contributed by atoms with van der Waals surface area (Å²) in [4.78, 5) is 12.0. The van der Waals surface area contributed by atoms with E-state index in [1.165, 1.54) is 0 Å². The second-order valence-corrected chi connectivity index (χ2v) is 4.95. The third kappa shape index (κ3) is 2.79. The van der Waals surface area contributed by atoms with E-state index in [0.29, 0.717) is 12.1 Å². The van der Waals surface area contributed by atoms with Gasteiger partial charge in [0, 0.05) is 23.3 Å². The van der Waals surface area contributed by atoms with Crippen LogP contribution in [0, 0.1) is 6.92 Å². The smallest absolute Gasteiger partial charge is 0.251 e. The maximum absolute atomic E-state index is 12.0. The zero-order valence-electron chi connectivity index (χ0n) is 10.3. The van der Waals surface area contributed by atoms with Gasteiger partial charge in [-0.2, -0.15) is 5.10 Å². The van der Waals surface area contributed by atoms with E-state index in [9.17, 15) is 4.79 Å². The van der Waals surface area contributed by atoms with Crippen molar-refractivity contribution < 1.29 is 4.79 Å². The van der Waals surface area contributed by atoms with Crippen LogP contribution >= 0.6 is 15.9 Å². The zero-order valence-corrected chi connectivity index (χ0v) is 11.9. The number of hydrogen-bond acceptors (Lipinski definition) is 2. The number of nitrogens with one attached hydrogen (secondary N) is 1. The third-order valence-electron chi connectivity index (χ3n) is 2.79. The van der Waals surface area contributed by atoms with Gasteiger partial charge < -0.3 is 5.32 Å². The number of rotatable bonds is 3. The van der Waals surface area contributed by atoms with Crippen LogP contribution in [0.15, 0.2) is 34.9 Å². The highest BCUT2D eigenvalue weighted by atomic mass is 79.9. The molecule has 0 aliphatic rings. The number of halogens is 1. The average molecular weight is 308 g/mol. The van der Waals surface area contributed by atoms with Gasteiger partial charge in [-0.15, -0.1) is 0 Å². The first-order valence-corrected chi connectivity index (χ1v) is 6.38. The summed E-state index contributed by atoms with van der Waals surface area (Å²) in [6.07, 6.45) is 1.71. The second kappa shape index (κ2) is 5.35. The number of hydrogen-bond donors (Lipinski definition) is 1. The summed E-state index contributed by atoms with van der Waals surface area (Å²) in [5.74, 6) is -0.0862. The SMILES string of the molecule is Cc1ccc(C(=O)NCc2ccnn2C)cc1Br. The molecule has 2 rings (SSSR count). The Kier molecular flexibility index (Phi) is 3.81. The predicted molar refractivity (Wildman–Crippen MR) is 73.3 cm³/mol. The van der Waals surface area contributed by atoms with E-state index < -0.39 is 0 Å². The standard InChI is InChI=1S/C13H14BrN3O/c1-9-3-4-10(7-12(9)14)13(18)15-8-11-5-6-16-17(11)2/h3-7H,8H2,1-2H3,(H,15,18). The molecule has 1 aromatic heterocycles. The van der Waals surface area contributed by atoms with Gasteiger partial charge in [0.1, 0.15) is 0 Å². The molecule has 0 unspecified atom stereocenters. The van der Waals surface area contributed by atoms with E-state index in [2.05, 4.69) is 26.3 Å². The van der Waals surface area contributed by atoms with E-state index in [-0.39, 0.29) is 5.91 Å². The van der Waals surface area contributed by atoms with Gasteiger partial charge in [0.05, 0.1) is 12.2 Å². The molecule has 1 heterocycles. The summed E-state index contributed by atoms with van der Waals surface area (Å²) < 4.78 is 2.68. The predicted octanol–water partition coefficient (Wildman–Crippen LogP) is 2.42. The fourth-order valence-corrected chi connectivity index (χ4v) is 1.96. The summed E-state index contributed by atoms with van der Waals surface area (Å²) >= 11 is 3.42. The van der Waals surface area contributed by atoms with Crippen LogP contribution in [0.25, 0.3) is 0 Å². The molecule has 0 aliphatic heterocycles. The molecular weight excluding hydrogens is 294 g/mol. The maximum atomic E-state index is 12.0. The van der Waals surface area contributed by atoms with Crippen LogP contribution in [-0.2, 0) is 13.6 Å². The number of carbonyl (C=O) groups is 1. The van der Waals surface area contributed by atoms with Crippen LogP contribution in [-0.4, -0.2) is 15.7 Å². The largest absolute Gasteiger partial charge is 0.346 e. The van der Waals surface area contributed by atoms with Crippen LogP contribution in [0.1, 0.15) is 21.6 Å². The van der Waals surface area contributed by atoms with Crippen molar-refractivity contribution in [2.75, 3.05) is 0 Å². The monoisotopic (exact) mass is 307 g/mol. The van der Waals surface area contributed by atoms with Gasteiger partial charge in [-0.3, -0.25) is 9.48 Å². The minimum atomic E-state index is -0.0862. The fraction of sp³-hybridized carbons (Fsp3) is 0.231. The Morgan fingerprint density at radius 1 is 1.44 bits per heavy atom. The van der Waals surface area contributed by atoms with E-state index in [1.54, 1.807) is 10.9 Å². The Labute approximate surface area is 114 Å². The normalized spacial score (nSPS) is 10.4. The minimum absolute atomic E-state index is 0.0862. The number of aryl methyl sites for hydroxylation is 2. The van der Waals surface area contributed by atoms with Gasteiger partial charge in [0.2, 0.25) is 0 Å². The molecule has 0 spiro atoms. The van der Waals surface area contributed by atoms with Crippen molar-refractivity contribution in [1.82, 2.24) is 15.1 Å². The summed E-state index contributed by atoms with van der Waals surface area (Å²) in [5, 5.41) is 6.92. The molecule has 0 aliphatic carbocycles. The van der Waals surface area contributed by atoms with Crippen LogP contribution in [0.2, 0.25) is 0 Å². The Morgan fingerprint density at radius 3 is 2.83 bits per heavy atom. The number of benzene rings is 1. The molecule has 0 bridgehead atoms. The van der Waals surface area contributed by atoms with E-state index in [1.807, 2.05) is 38.2 Å². The van der Waals surface area contributed by atoms with Gasteiger partial charge in [0.25, 0.3) is 5.91 Å². The van der Waals surface area contributed by atoms with Gasteiger partial charge in [-0.1, -0.05) is 22.0 Å². The number of carbonyl (C=O) groups excluding carboxylic acids is 1. The lowest BCUT2D eigenvalue weighted by atomic mass is 10.1. The first-order chi connectivity index (χ1) is 8.58. The van der Waals surface area contributed by atoms with Gasteiger partial charge in [-0.05, 0) is 30.7 Å². The van der Waals surface area contributed by atoms with Gasteiger partial charge in [0.15, 0.2) is 0 Å². The molecule has 0 saturated heterocycles. The summed E-state index contributed by atoms with van der Waals surface area (Å²) in [7, 11) is 1.85. The Bertz CT molecular complexity index is 577. The third-order valence-corrected chi connectivity index (χ3v) is 3.64. The van der Waals surface area contributed by atoms with Crippen molar-refractivity contribution in [3.63, 3.8) is 0 Å². The Morgan fingerprint density at radius 2 is 2.22 bits per heavy atom. The summed E-state index contributed by atoms with van der Waals surface area (Å²) in [6, 6.07) is 7.45. The number of amides is 1. The number of aromatic nitrogens is 2. The van der Waals surface area contributed by atoms with Crippen LogP contribution < -0.4 is 5.32 Å².